The maximum Gasteiger partial charge on any atom is 0.226 e. The molecule has 0 radical (unpaired) electrons. The van der Waals surface area contributed by atoms with E-state index in [9.17, 15) is 5.11 Å². The summed E-state index contributed by atoms with van der Waals surface area (Å²) in [5.41, 5.74) is 0. The number of hydrogen-bond acceptors (Lipinski definition) is 3. The van der Waals surface area contributed by atoms with E-state index in [1.165, 1.54) is 11.3 Å². The van der Waals surface area contributed by atoms with E-state index in [1.54, 1.807) is 0 Å². The first kappa shape index (κ1) is 8.01. The van der Waals surface area contributed by atoms with Gasteiger partial charge in [0.1, 0.15) is 0 Å². The number of nitrogens with zero attached hydrogens (tertiary/aromatic N) is 1. The van der Waals surface area contributed by atoms with Gasteiger partial charge in [0.25, 0.3) is 0 Å². The minimum atomic E-state index is 0.159. The molecule has 0 atom stereocenters. The van der Waals surface area contributed by atoms with Crippen LogP contribution in [0.2, 0.25) is 0 Å². The van der Waals surface area contributed by atoms with Gasteiger partial charge in [-0.1, -0.05) is 13.8 Å². The second kappa shape index (κ2) is 2.88. The average Bonchev–Trinajstić information content (AvgIpc) is 2.10. The fourth-order valence-corrected chi connectivity index (χ4v) is 2.05. The third-order valence-electron chi connectivity index (χ3n) is 1.13. The summed E-state index contributed by atoms with van der Waals surface area (Å²) in [7, 11) is 0. The number of halogens is 1. The van der Waals surface area contributed by atoms with E-state index in [2.05, 4.69) is 20.9 Å². The lowest BCUT2D eigenvalue weighted by atomic mass is 10.2. The van der Waals surface area contributed by atoms with Gasteiger partial charge in [0, 0.05) is 0 Å². The summed E-state index contributed by atoms with van der Waals surface area (Å²) >= 11 is 4.68. The number of hydrogen-bond donors (Lipinski definition) is 1. The summed E-state index contributed by atoms with van der Waals surface area (Å²) in [6.07, 6.45) is 0. The SMILES string of the molecule is CC(C)c1sc(Br)nc1O. The Morgan fingerprint density at radius 2 is 2.20 bits per heavy atom. The third kappa shape index (κ3) is 1.49. The molecule has 0 aromatic carbocycles. The van der Waals surface area contributed by atoms with Crippen molar-refractivity contribution in [2.45, 2.75) is 19.8 Å². The minimum absolute atomic E-state index is 0.159. The van der Waals surface area contributed by atoms with Crippen LogP contribution in [0.15, 0.2) is 3.92 Å². The van der Waals surface area contributed by atoms with Crippen LogP contribution in [0.4, 0.5) is 0 Å². The van der Waals surface area contributed by atoms with E-state index in [0.717, 1.165) is 8.79 Å². The lowest BCUT2D eigenvalue weighted by Crippen LogP contribution is -1.80. The number of rotatable bonds is 1. The van der Waals surface area contributed by atoms with Crippen LogP contribution in [-0.4, -0.2) is 10.1 Å². The predicted octanol–water partition coefficient (Wildman–Crippen LogP) is 2.73. The van der Waals surface area contributed by atoms with E-state index >= 15 is 0 Å². The number of thiazole rings is 1. The first-order valence-electron chi connectivity index (χ1n) is 2.96. The molecular weight excluding hydrogens is 214 g/mol. The van der Waals surface area contributed by atoms with Crippen LogP contribution >= 0.6 is 27.3 Å². The Morgan fingerprint density at radius 3 is 2.40 bits per heavy atom. The van der Waals surface area contributed by atoms with Crippen molar-refractivity contribution in [3.8, 4) is 5.88 Å². The number of aromatic hydroxyl groups is 1. The summed E-state index contributed by atoms with van der Waals surface area (Å²) in [6, 6.07) is 0. The van der Waals surface area contributed by atoms with Gasteiger partial charge in [-0.25, -0.2) is 0 Å². The van der Waals surface area contributed by atoms with Crippen molar-refractivity contribution in [2.75, 3.05) is 0 Å². The molecule has 1 rings (SSSR count). The van der Waals surface area contributed by atoms with Gasteiger partial charge < -0.3 is 5.11 Å². The van der Waals surface area contributed by atoms with E-state index in [1.807, 2.05) is 13.8 Å². The molecule has 0 saturated heterocycles. The molecule has 1 heterocycles. The molecule has 1 aromatic rings. The normalized spacial score (nSPS) is 10.8. The fraction of sp³-hybridized carbons (Fsp3) is 0.500. The molecule has 0 saturated carbocycles. The molecule has 0 unspecified atom stereocenters. The number of aromatic nitrogens is 1. The highest BCUT2D eigenvalue weighted by Gasteiger charge is 2.10. The van der Waals surface area contributed by atoms with Gasteiger partial charge in [0.2, 0.25) is 5.88 Å². The Morgan fingerprint density at radius 1 is 1.60 bits per heavy atom. The van der Waals surface area contributed by atoms with E-state index in [4.69, 9.17) is 0 Å². The topological polar surface area (TPSA) is 33.1 Å². The van der Waals surface area contributed by atoms with Crippen LogP contribution in [0.3, 0.4) is 0 Å². The molecule has 0 aliphatic heterocycles. The maximum absolute atomic E-state index is 9.17. The highest BCUT2D eigenvalue weighted by Crippen LogP contribution is 2.33. The lowest BCUT2D eigenvalue weighted by molar-refractivity contribution is 0.448. The first-order valence-corrected chi connectivity index (χ1v) is 4.57. The van der Waals surface area contributed by atoms with Gasteiger partial charge in [-0.05, 0) is 21.8 Å². The van der Waals surface area contributed by atoms with Crippen LogP contribution < -0.4 is 0 Å². The summed E-state index contributed by atoms with van der Waals surface area (Å²) in [5, 5.41) is 9.17. The standard InChI is InChI=1S/C6H8BrNOS/c1-3(2)4-5(9)8-6(7)10-4/h3,9H,1-2H3. The third-order valence-corrected chi connectivity index (χ3v) is 2.93. The molecule has 0 bridgehead atoms. The zero-order chi connectivity index (χ0) is 7.72. The Balaban J connectivity index is 3.03. The Bertz CT molecular complexity index is 234. The smallest absolute Gasteiger partial charge is 0.226 e. The minimum Gasteiger partial charge on any atom is -0.492 e. The van der Waals surface area contributed by atoms with E-state index in [-0.39, 0.29) is 5.88 Å². The zero-order valence-corrected chi connectivity index (χ0v) is 8.16. The fourth-order valence-electron chi connectivity index (χ4n) is 0.674. The van der Waals surface area contributed by atoms with Crippen molar-refractivity contribution in [3.05, 3.63) is 8.79 Å². The predicted molar refractivity (Wildman–Crippen MR) is 45.6 cm³/mol. The van der Waals surface area contributed by atoms with Gasteiger partial charge in [0.15, 0.2) is 3.92 Å². The van der Waals surface area contributed by atoms with Gasteiger partial charge in [0.05, 0.1) is 4.88 Å². The molecule has 1 aromatic heterocycles. The van der Waals surface area contributed by atoms with Crippen LogP contribution in [0.1, 0.15) is 24.6 Å². The largest absolute Gasteiger partial charge is 0.492 e. The van der Waals surface area contributed by atoms with Gasteiger partial charge >= 0.3 is 0 Å². The summed E-state index contributed by atoms with van der Waals surface area (Å²) in [5.74, 6) is 0.510. The Labute approximate surface area is 72.0 Å². The van der Waals surface area contributed by atoms with Crippen molar-refractivity contribution in [1.82, 2.24) is 4.98 Å². The van der Waals surface area contributed by atoms with Crippen LogP contribution in [-0.2, 0) is 0 Å². The lowest BCUT2D eigenvalue weighted by Gasteiger charge is -1.97. The van der Waals surface area contributed by atoms with Crippen molar-refractivity contribution < 1.29 is 5.11 Å². The van der Waals surface area contributed by atoms with Crippen molar-refractivity contribution >= 4 is 27.3 Å². The average molecular weight is 222 g/mol. The summed E-state index contributed by atoms with van der Waals surface area (Å²) in [6.45, 7) is 4.05. The first-order chi connectivity index (χ1) is 4.61. The second-order valence-electron chi connectivity index (χ2n) is 2.31. The molecule has 0 fully saturated rings. The zero-order valence-electron chi connectivity index (χ0n) is 5.76. The van der Waals surface area contributed by atoms with Crippen LogP contribution in [0.25, 0.3) is 0 Å². The van der Waals surface area contributed by atoms with Gasteiger partial charge in [-0.2, -0.15) is 4.98 Å². The maximum atomic E-state index is 9.17. The molecule has 1 N–H and O–H groups in total. The molecule has 56 valence electrons. The van der Waals surface area contributed by atoms with Gasteiger partial charge in [-0.15, -0.1) is 11.3 Å². The Hall–Kier alpha value is -0.0900. The molecule has 0 aliphatic rings. The van der Waals surface area contributed by atoms with Crippen LogP contribution in [0.5, 0.6) is 5.88 Å². The monoisotopic (exact) mass is 221 g/mol. The highest BCUT2D eigenvalue weighted by atomic mass is 79.9. The highest BCUT2D eigenvalue weighted by molar-refractivity contribution is 9.11. The van der Waals surface area contributed by atoms with E-state index in [0.29, 0.717) is 5.92 Å². The van der Waals surface area contributed by atoms with Gasteiger partial charge in [-0.3, -0.25) is 0 Å². The Kier molecular flexibility index (Phi) is 2.31. The second-order valence-corrected chi connectivity index (χ2v) is 4.62. The molecule has 4 heteroatoms. The van der Waals surface area contributed by atoms with Crippen molar-refractivity contribution in [3.63, 3.8) is 0 Å². The molecule has 0 spiro atoms. The molecule has 0 aliphatic carbocycles. The molecule has 2 nitrogen and oxygen atoms in total. The molecule has 0 amide bonds. The van der Waals surface area contributed by atoms with Crippen molar-refractivity contribution in [1.29, 1.82) is 0 Å². The van der Waals surface area contributed by atoms with Crippen molar-refractivity contribution in [2.24, 2.45) is 0 Å². The molecule has 10 heavy (non-hydrogen) atoms. The van der Waals surface area contributed by atoms with Crippen LogP contribution in [0, 0.1) is 0 Å². The summed E-state index contributed by atoms with van der Waals surface area (Å²) in [4.78, 5) is 4.76. The van der Waals surface area contributed by atoms with E-state index < -0.39 is 0 Å². The summed E-state index contributed by atoms with van der Waals surface area (Å²) < 4.78 is 0.744. The quantitative estimate of drug-likeness (QED) is 0.792. The molecular formula is C6H8BrNOS.